The van der Waals surface area contributed by atoms with Crippen molar-refractivity contribution in [1.29, 1.82) is 0 Å². The molecule has 0 fully saturated rings. The van der Waals surface area contributed by atoms with Gasteiger partial charge in [0.2, 0.25) is 5.95 Å². The molecular weight excluding hydrogens is 497 g/mol. The fourth-order valence-electron chi connectivity index (χ4n) is 4.09. The average Bonchev–Trinajstić information content (AvgIpc) is 2.89. The molecule has 0 atom stereocenters. The van der Waals surface area contributed by atoms with Gasteiger partial charge in [0.05, 0.1) is 16.6 Å². The molecule has 1 amide bonds. The van der Waals surface area contributed by atoms with Crippen LogP contribution in [0.25, 0.3) is 33.2 Å². The quantitative estimate of drug-likeness (QED) is 0.283. The maximum absolute atomic E-state index is 13.1. The van der Waals surface area contributed by atoms with E-state index in [2.05, 4.69) is 25.3 Å². The number of hydrogen-bond donors (Lipinski definition) is 3. The smallest absolute Gasteiger partial charge is 0.416 e. The fraction of sp³-hybridized carbons (Fsp3) is 0.0741. The van der Waals surface area contributed by atoms with Crippen LogP contribution in [0.15, 0.2) is 73.3 Å². The van der Waals surface area contributed by atoms with E-state index >= 15 is 0 Å². The van der Waals surface area contributed by atoms with Crippen molar-refractivity contribution < 1.29 is 23.1 Å². The Labute approximate surface area is 214 Å². The number of phenols is 1. The number of alkyl halides is 3. The molecule has 0 spiro atoms. The number of fused-ring (bicyclic) bond motifs is 1. The molecule has 0 radical (unpaired) electrons. The second-order valence-corrected chi connectivity index (χ2v) is 8.47. The number of carbonyl (C=O) groups is 1. The number of anilines is 2. The van der Waals surface area contributed by atoms with Gasteiger partial charge in [-0.2, -0.15) is 13.2 Å². The van der Waals surface area contributed by atoms with Crippen molar-refractivity contribution in [3.05, 3.63) is 90.0 Å². The molecule has 4 N–H and O–H groups in total. The summed E-state index contributed by atoms with van der Waals surface area (Å²) in [4.78, 5) is 29.3. The molecular formula is C27H19F3N6O2. The Bertz CT molecular complexity index is 1690. The predicted octanol–water partition coefficient (Wildman–Crippen LogP) is 5.62. The van der Waals surface area contributed by atoms with Gasteiger partial charge in [-0.3, -0.25) is 9.78 Å². The normalized spacial score (nSPS) is 11.5. The zero-order chi connectivity index (χ0) is 27.0. The van der Waals surface area contributed by atoms with Crippen molar-refractivity contribution in [3.8, 4) is 28.0 Å². The van der Waals surface area contributed by atoms with E-state index in [-0.39, 0.29) is 23.1 Å². The third kappa shape index (κ3) is 4.69. The summed E-state index contributed by atoms with van der Waals surface area (Å²) in [7, 11) is 0. The summed E-state index contributed by atoms with van der Waals surface area (Å²) < 4.78 is 39.2. The number of aromatic hydroxyl groups is 1. The highest BCUT2D eigenvalue weighted by Crippen LogP contribution is 2.43. The summed E-state index contributed by atoms with van der Waals surface area (Å²) in [6, 6.07) is 11.5. The van der Waals surface area contributed by atoms with Gasteiger partial charge in [-0.1, -0.05) is 12.1 Å². The molecule has 3 heterocycles. The minimum Gasteiger partial charge on any atom is -0.507 e. The Hall–Kier alpha value is -5.06. The van der Waals surface area contributed by atoms with E-state index in [4.69, 9.17) is 5.73 Å². The van der Waals surface area contributed by atoms with Crippen LogP contribution in [0.1, 0.15) is 21.5 Å². The van der Waals surface area contributed by atoms with Crippen LogP contribution in [0.5, 0.6) is 5.75 Å². The third-order valence-electron chi connectivity index (χ3n) is 5.93. The van der Waals surface area contributed by atoms with Crippen LogP contribution in [0, 0.1) is 6.92 Å². The third-order valence-corrected chi connectivity index (χ3v) is 5.93. The Morgan fingerprint density at radius 3 is 2.55 bits per heavy atom. The highest BCUT2D eigenvalue weighted by atomic mass is 19.4. The zero-order valence-electron chi connectivity index (χ0n) is 19.8. The number of aromatic nitrogens is 4. The minimum atomic E-state index is -4.58. The van der Waals surface area contributed by atoms with Gasteiger partial charge < -0.3 is 16.2 Å². The van der Waals surface area contributed by atoms with Crippen molar-refractivity contribution >= 4 is 28.6 Å². The first-order valence-electron chi connectivity index (χ1n) is 11.3. The molecule has 0 aliphatic rings. The molecule has 0 aliphatic heterocycles. The first-order valence-corrected chi connectivity index (χ1v) is 11.3. The molecule has 5 rings (SSSR count). The number of rotatable bonds is 4. The van der Waals surface area contributed by atoms with Crippen LogP contribution in [0.3, 0.4) is 0 Å². The molecule has 0 unspecified atom stereocenters. The maximum atomic E-state index is 13.1. The molecule has 3 aromatic heterocycles. The van der Waals surface area contributed by atoms with Crippen molar-refractivity contribution in [2.45, 2.75) is 13.1 Å². The number of hydrogen-bond acceptors (Lipinski definition) is 7. The first kappa shape index (κ1) is 24.6. The van der Waals surface area contributed by atoms with Gasteiger partial charge in [0.1, 0.15) is 11.6 Å². The molecule has 0 saturated carbocycles. The lowest BCUT2D eigenvalue weighted by molar-refractivity contribution is -0.137. The maximum Gasteiger partial charge on any atom is 0.416 e. The number of benzene rings is 2. The van der Waals surface area contributed by atoms with E-state index in [1.54, 1.807) is 49.6 Å². The van der Waals surface area contributed by atoms with E-state index in [9.17, 15) is 23.1 Å². The summed E-state index contributed by atoms with van der Waals surface area (Å²) in [5, 5.41) is 14.4. The van der Waals surface area contributed by atoms with Crippen molar-refractivity contribution in [2.75, 3.05) is 11.1 Å². The van der Waals surface area contributed by atoms with Crippen molar-refractivity contribution in [1.82, 2.24) is 19.9 Å². The highest BCUT2D eigenvalue weighted by molar-refractivity contribution is 6.06. The molecule has 190 valence electrons. The second-order valence-electron chi connectivity index (χ2n) is 8.47. The van der Waals surface area contributed by atoms with Gasteiger partial charge in [0.15, 0.2) is 0 Å². The molecule has 2 aromatic carbocycles. The molecule has 0 bridgehead atoms. The Balaban J connectivity index is 1.60. The van der Waals surface area contributed by atoms with E-state index < -0.39 is 17.6 Å². The fourth-order valence-corrected chi connectivity index (χ4v) is 4.09. The molecule has 0 saturated heterocycles. The van der Waals surface area contributed by atoms with Gasteiger partial charge in [-0.05, 0) is 54.4 Å². The number of aryl methyl sites for hydroxylation is 1. The van der Waals surface area contributed by atoms with E-state index in [0.29, 0.717) is 33.2 Å². The molecule has 5 aromatic rings. The first-order chi connectivity index (χ1) is 18.1. The van der Waals surface area contributed by atoms with Crippen LogP contribution < -0.4 is 11.1 Å². The summed E-state index contributed by atoms with van der Waals surface area (Å²) in [5.74, 6) is -0.979. The average molecular weight is 516 g/mol. The lowest BCUT2D eigenvalue weighted by atomic mass is 9.92. The summed E-state index contributed by atoms with van der Waals surface area (Å²) >= 11 is 0. The van der Waals surface area contributed by atoms with Crippen LogP contribution >= 0.6 is 0 Å². The van der Waals surface area contributed by atoms with Crippen molar-refractivity contribution in [3.63, 3.8) is 0 Å². The summed E-state index contributed by atoms with van der Waals surface area (Å²) in [6.45, 7) is 1.80. The summed E-state index contributed by atoms with van der Waals surface area (Å²) in [5.41, 5.74) is 8.10. The number of amides is 1. The lowest BCUT2D eigenvalue weighted by Crippen LogP contribution is -2.14. The number of nitrogens with two attached hydrogens (primary N) is 1. The SMILES string of the molecule is Cc1ccc(C(=O)Nc2cc(C(F)(F)F)ccn2)cc1-c1cc2cnc(N)nc2c(-c2cccnc2)c1O. The second kappa shape index (κ2) is 9.43. The highest BCUT2D eigenvalue weighted by Gasteiger charge is 2.31. The summed E-state index contributed by atoms with van der Waals surface area (Å²) in [6.07, 6.45) is 1.11. The Kier molecular flexibility index (Phi) is 6.11. The standard InChI is InChI=1S/C27H19F3N6O2/c1-14-4-5-15(25(38)35-21-11-18(6-8-33-21)27(28,29)30)9-19(14)20-10-17-13-34-26(31)36-23(17)22(24(20)37)16-3-2-7-32-12-16/h2-13,37H,1H3,(H2,31,34,36)(H,33,35,38). The number of phenolic OH excluding ortho intramolecular Hbond substituents is 1. The van der Waals surface area contributed by atoms with Crippen LogP contribution in [-0.2, 0) is 6.18 Å². The van der Waals surface area contributed by atoms with E-state index in [0.717, 1.165) is 23.9 Å². The van der Waals surface area contributed by atoms with Gasteiger partial charge in [-0.25, -0.2) is 15.0 Å². The van der Waals surface area contributed by atoms with Gasteiger partial charge in [0.25, 0.3) is 5.91 Å². The minimum absolute atomic E-state index is 0.0350. The molecule has 38 heavy (non-hydrogen) atoms. The number of pyridine rings is 2. The van der Waals surface area contributed by atoms with Crippen LogP contribution in [0.2, 0.25) is 0 Å². The molecule has 11 heteroatoms. The molecule has 8 nitrogen and oxygen atoms in total. The number of halogens is 3. The van der Waals surface area contributed by atoms with Crippen molar-refractivity contribution in [2.24, 2.45) is 0 Å². The number of carbonyl (C=O) groups excluding carboxylic acids is 1. The van der Waals surface area contributed by atoms with E-state index in [1.807, 2.05) is 0 Å². The van der Waals surface area contributed by atoms with Gasteiger partial charge in [0, 0.05) is 46.9 Å². The molecule has 0 aliphatic carbocycles. The number of nitrogens with one attached hydrogen (secondary N) is 1. The van der Waals surface area contributed by atoms with Crippen LogP contribution in [0.4, 0.5) is 24.9 Å². The van der Waals surface area contributed by atoms with E-state index in [1.165, 1.54) is 12.3 Å². The largest absolute Gasteiger partial charge is 0.507 e. The lowest BCUT2D eigenvalue weighted by Gasteiger charge is -2.16. The number of nitrogen functional groups attached to an aromatic ring is 1. The number of nitrogens with zero attached hydrogens (tertiary/aromatic N) is 4. The van der Waals surface area contributed by atoms with Gasteiger partial charge >= 0.3 is 6.18 Å². The van der Waals surface area contributed by atoms with Crippen LogP contribution in [-0.4, -0.2) is 30.9 Å². The Morgan fingerprint density at radius 2 is 1.82 bits per heavy atom. The monoisotopic (exact) mass is 516 g/mol. The predicted molar refractivity (Wildman–Crippen MR) is 136 cm³/mol. The Morgan fingerprint density at radius 1 is 1.00 bits per heavy atom. The van der Waals surface area contributed by atoms with Gasteiger partial charge in [-0.15, -0.1) is 0 Å². The zero-order valence-corrected chi connectivity index (χ0v) is 19.8. The topological polar surface area (TPSA) is 127 Å².